The van der Waals surface area contributed by atoms with Crippen LogP contribution in [-0.2, 0) is 11.2 Å². The zero-order chi connectivity index (χ0) is 20.4. The fraction of sp³-hybridized carbons (Fsp3) is 0.421. The van der Waals surface area contributed by atoms with Crippen molar-refractivity contribution in [3.8, 4) is 5.75 Å². The second-order valence-corrected chi connectivity index (χ2v) is 6.75. The van der Waals surface area contributed by atoms with E-state index < -0.39 is 6.36 Å². The minimum Gasteiger partial charge on any atom is -0.406 e. The van der Waals surface area contributed by atoms with Gasteiger partial charge >= 0.3 is 6.36 Å². The number of ether oxygens (including phenoxy) is 2. The molecule has 3 heterocycles. The van der Waals surface area contributed by atoms with Gasteiger partial charge in [0.2, 0.25) is 5.95 Å². The number of anilines is 2. The lowest BCUT2D eigenvalue weighted by Crippen LogP contribution is -2.39. The number of halogens is 3. The van der Waals surface area contributed by atoms with E-state index in [0.29, 0.717) is 44.6 Å². The number of amides is 1. The Morgan fingerprint density at radius 3 is 2.52 bits per heavy atom. The fourth-order valence-electron chi connectivity index (χ4n) is 3.40. The highest BCUT2D eigenvalue weighted by molar-refractivity contribution is 6.06. The Morgan fingerprint density at radius 1 is 1.10 bits per heavy atom. The number of benzene rings is 1. The normalized spacial score (nSPS) is 17.1. The Hall–Kier alpha value is -2.88. The van der Waals surface area contributed by atoms with Gasteiger partial charge in [-0.1, -0.05) is 0 Å². The minimum absolute atomic E-state index is 0.263. The van der Waals surface area contributed by atoms with Gasteiger partial charge in [0, 0.05) is 37.0 Å². The van der Waals surface area contributed by atoms with Crippen LogP contribution in [0.1, 0.15) is 22.3 Å². The number of morpholine rings is 1. The van der Waals surface area contributed by atoms with Gasteiger partial charge in [-0.05, 0) is 37.1 Å². The summed E-state index contributed by atoms with van der Waals surface area (Å²) in [6, 6.07) is 4.90. The monoisotopic (exact) mass is 408 g/mol. The molecule has 0 radical (unpaired) electrons. The first-order valence-electron chi connectivity index (χ1n) is 9.27. The molecule has 1 amide bonds. The van der Waals surface area contributed by atoms with E-state index in [1.165, 1.54) is 12.1 Å². The average molecular weight is 408 g/mol. The summed E-state index contributed by atoms with van der Waals surface area (Å²) in [6.07, 6.45) is -1.51. The minimum atomic E-state index is -4.77. The number of hydrogen-bond donors (Lipinski definition) is 0. The van der Waals surface area contributed by atoms with Crippen LogP contribution in [0.3, 0.4) is 0 Å². The third-order valence-electron chi connectivity index (χ3n) is 4.79. The predicted octanol–water partition coefficient (Wildman–Crippen LogP) is 2.80. The lowest BCUT2D eigenvalue weighted by Gasteiger charge is -2.31. The molecule has 154 valence electrons. The molecule has 0 N–H and O–H groups in total. The molecule has 2 aliphatic rings. The van der Waals surface area contributed by atoms with Gasteiger partial charge in [-0.2, -0.15) is 4.98 Å². The Labute approximate surface area is 165 Å². The zero-order valence-corrected chi connectivity index (χ0v) is 15.5. The molecule has 2 aliphatic heterocycles. The van der Waals surface area contributed by atoms with Gasteiger partial charge in [-0.3, -0.25) is 9.69 Å². The van der Waals surface area contributed by atoms with Crippen molar-refractivity contribution in [3.63, 3.8) is 0 Å². The lowest BCUT2D eigenvalue weighted by molar-refractivity contribution is -0.274. The highest BCUT2D eigenvalue weighted by Gasteiger charge is 2.31. The third-order valence-corrected chi connectivity index (χ3v) is 4.79. The van der Waals surface area contributed by atoms with E-state index in [0.717, 1.165) is 30.5 Å². The van der Waals surface area contributed by atoms with E-state index in [2.05, 4.69) is 14.7 Å². The number of aryl methyl sites for hydroxylation is 1. The van der Waals surface area contributed by atoms with Gasteiger partial charge < -0.3 is 14.4 Å². The molecule has 1 aromatic carbocycles. The molecule has 1 fully saturated rings. The number of fused-ring (bicyclic) bond motifs is 1. The van der Waals surface area contributed by atoms with Gasteiger partial charge in [0.05, 0.1) is 13.2 Å². The van der Waals surface area contributed by atoms with Crippen LogP contribution < -0.4 is 14.5 Å². The molecule has 0 atom stereocenters. The Balaban J connectivity index is 1.57. The number of hydrogen-bond acceptors (Lipinski definition) is 6. The van der Waals surface area contributed by atoms with Crippen LogP contribution in [0.15, 0.2) is 30.5 Å². The molecular formula is C19H19F3N4O3. The van der Waals surface area contributed by atoms with Crippen LogP contribution in [0.5, 0.6) is 5.75 Å². The van der Waals surface area contributed by atoms with E-state index >= 15 is 0 Å². The second kappa shape index (κ2) is 7.86. The van der Waals surface area contributed by atoms with Crippen LogP contribution in [0, 0.1) is 0 Å². The molecule has 0 unspecified atom stereocenters. The molecule has 1 aromatic heterocycles. The molecule has 10 heteroatoms. The second-order valence-electron chi connectivity index (χ2n) is 6.75. The standard InChI is InChI=1S/C19H19F3N4O3/c20-19(21,22)29-15-5-3-13(4-6-15)17(27)26-7-1-2-14-12-23-18(24-16(14)26)25-8-10-28-11-9-25/h3-6,12H,1-2,7-11H2. The van der Waals surface area contributed by atoms with Crippen molar-refractivity contribution in [1.82, 2.24) is 9.97 Å². The van der Waals surface area contributed by atoms with E-state index in [1.807, 2.05) is 4.90 Å². The maximum Gasteiger partial charge on any atom is 0.573 e. The number of nitrogens with zero attached hydrogens (tertiary/aromatic N) is 4. The third kappa shape index (κ3) is 4.42. The Morgan fingerprint density at radius 2 is 1.83 bits per heavy atom. The predicted molar refractivity (Wildman–Crippen MR) is 98.2 cm³/mol. The average Bonchev–Trinajstić information content (AvgIpc) is 2.72. The van der Waals surface area contributed by atoms with Gasteiger partial charge in [0.25, 0.3) is 5.91 Å². The first kappa shape index (κ1) is 19.4. The summed E-state index contributed by atoms with van der Waals surface area (Å²) in [5.41, 5.74) is 1.14. The van der Waals surface area contributed by atoms with Gasteiger partial charge in [-0.15, -0.1) is 13.2 Å². The van der Waals surface area contributed by atoms with Crippen LogP contribution in [-0.4, -0.2) is 55.1 Å². The van der Waals surface area contributed by atoms with E-state index in [9.17, 15) is 18.0 Å². The van der Waals surface area contributed by atoms with Crippen molar-refractivity contribution >= 4 is 17.7 Å². The smallest absolute Gasteiger partial charge is 0.406 e. The van der Waals surface area contributed by atoms with Crippen molar-refractivity contribution in [2.75, 3.05) is 42.6 Å². The molecule has 0 bridgehead atoms. The highest BCUT2D eigenvalue weighted by Crippen LogP contribution is 2.29. The Bertz CT molecular complexity index is 883. The summed E-state index contributed by atoms with van der Waals surface area (Å²) >= 11 is 0. The molecule has 0 spiro atoms. The zero-order valence-electron chi connectivity index (χ0n) is 15.5. The molecular weight excluding hydrogens is 389 g/mol. The van der Waals surface area contributed by atoms with Crippen molar-refractivity contribution in [1.29, 1.82) is 0 Å². The molecule has 29 heavy (non-hydrogen) atoms. The van der Waals surface area contributed by atoms with E-state index in [4.69, 9.17) is 4.74 Å². The summed E-state index contributed by atoms with van der Waals surface area (Å²) in [5.74, 6) is 0.398. The van der Waals surface area contributed by atoms with Crippen LogP contribution in [0.25, 0.3) is 0 Å². The maximum absolute atomic E-state index is 13.0. The number of alkyl halides is 3. The number of aromatic nitrogens is 2. The molecule has 4 rings (SSSR count). The molecule has 7 nitrogen and oxygen atoms in total. The number of carbonyl (C=O) groups is 1. The maximum atomic E-state index is 13.0. The molecule has 0 aliphatic carbocycles. The van der Waals surface area contributed by atoms with Crippen LogP contribution >= 0.6 is 0 Å². The first-order chi connectivity index (χ1) is 13.9. The molecule has 1 saturated heterocycles. The summed E-state index contributed by atoms with van der Waals surface area (Å²) in [7, 11) is 0. The SMILES string of the molecule is O=C(c1ccc(OC(F)(F)F)cc1)N1CCCc2cnc(N3CCOCC3)nc21. The lowest BCUT2D eigenvalue weighted by atomic mass is 10.1. The first-order valence-corrected chi connectivity index (χ1v) is 9.27. The van der Waals surface area contributed by atoms with E-state index in [-0.39, 0.29) is 17.2 Å². The van der Waals surface area contributed by atoms with Gasteiger partial charge in [0.1, 0.15) is 11.6 Å². The summed E-state index contributed by atoms with van der Waals surface area (Å²) in [6.45, 7) is 3.01. The van der Waals surface area contributed by atoms with Crippen molar-refractivity contribution in [2.45, 2.75) is 19.2 Å². The number of rotatable bonds is 3. The molecule has 2 aromatic rings. The fourth-order valence-corrected chi connectivity index (χ4v) is 3.40. The highest BCUT2D eigenvalue weighted by atomic mass is 19.4. The quantitative estimate of drug-likeness (QED) is 0.778. The van der Waals surface area contributed by atoms with Crippen LogP contribution in [0.2, 0.25) is 0 Å². The summed E-state index contributed by atoms with van der Waals surface area (Å²) < 4.78 is 46.2. The summed E-state index contributed by atoms with van der Waals surface area (Å²) in [5, 5.41) is 0. The largest absolute Gasteiger partial charge is 0.573 e. The van der Waals surface area contributed by atoms with Gasteiger partial charge in [0.15, 0.2) is 0 Å². The van der Waals surface area contributed by atoms with Crippen molar-refractivity contribution in [2.24, 2.45) is 0 Å². The number of carbonyl (C=O) groups excluding carboxylic acids is 1. The topological polar surface area (TPSA) is 67.8 Å². The van der Waals surface area contributed by atoms with Crippen molar-refractivity contribution < 1.29 is 27.4 Å². The van der Waals surface area contributed by atoms with Gasteiger partial charge in [-0.25, -0.2) is 4.98 Å². The Kier molecular flexibility index (Phi) is 5.27. The molecule has 0 saturated carbocycles. The van der Waals surface area contributed by atoms with Crippen molar-refractivity contribution in [3.05, 3.63) is 41.6 Å². The summed E-state index contributed by atoms with van der Waals surface area (Å²) in [4.78, 5) is 25.6. The van der Waals surface area contributed by atoms with E-state index in [1.54, 1.807) is 11.1 Å². The van der Waals surface area contributed by atoms with Crippen LogP contribution in [0.4, 0.5) is 24.9 Å².